The van der Waals surface area contributed by atoms with Crippen LogP contribution in [0.4, 0.5) is 13.2 Å². The molecule has 0 fully saturated rings. The van der Waals surface area contributed by atoms with E-state index in [1.165, 1.54) is 0 Å². The third-order valence-electron chi connectivity index (χ3n) is 1.66. The molecule has 0 aromatic heterocycles. The summed E-state index contributed by atoms with van der Waals surface area (Å²) in [4.78, 5) is 0. The van der Waals surface area contributed by atoms with Gasteiger partial charge < -0.3 is 0 Å². The molecule has 0 spiro atoms. The summed E-state index contributed by atoms with van der Waals surface area (Å²) in [6.07, 6.45) is -0.806. The fourth-order valence-electron chi connectivity index (χ4n) is 0.925. The lowest BCUT2D eigenvalue weighted by Crippen LogP contribution is -2.18. The summed E-state index contributed by atoms with van der Waals surface area (Å²) in [6, 6.07) is 0. The molecule has 3 heteroatoms. The molecule has 12 heavy (non-hydrogen) atoms. The molecule has 0 aromatic rings. The smallest absolute Gasteiger partial charge is 0.170 e. The zero-order valence-electron chi connectivity index (χ0n) is 7.25. The Balaban J connectivity index is 3.76. The second-order valence-electron chi connectivity index (χ2n) is 2.68. The molecule has 0 amide bonds. The summed E-state index contributed by atoms with van der Waals surface area (Å²) in [5.41, 5.74) is 0. The first kappa shape index (κ1) is 11.5. The van der Waals surface area contributed by atoms with E-state index in [-0.39, 0.29) is 6.42 Å². The molecule has 0 aromatic carbocycles. The minimum absolute atomic E-state index is 0.0981. The molecule has 0 aliphatic heterocycles. The van der Waals surface area contributed by atoms with Gasteiger partial charge in [-0.3, -0.25) is 0 Å². The number of halogens is 3. The molecule has 0 bridgehead atoms. The molecule has 0 heterocycles. The molecule has 0 aliphatic carbocycles. The SMILES string of the molecule is C=C[C](CCCCC)C(F)(F)F. The molecule has 0 atom stereocenters. The van der Waals surface area contributed by atoms with Crippen LogP contribution in [0.15, 0.2) is 12.7 Å². The first-order valence-electron chi connectivity index (χ1n) is 4.07. The predicted molar refractivity (Wildman–Crippen MR) is 43.6 cm³/mol. The van der Waals surface area contributed by atoms with E-state index >= 15 is 0 Å². The van der Waals surface area contributed by atoms with Crippen molar-refractivity contribution in [1.82, 2.24) is 0 Å². The van der Waals surface area contributed by atoms with Crippen molar-refractivity contribution >= 4 is 0 Å². The highest BCUT2D eigenvalue weighted by Gasteiger charge is 2.37. The van der Waals surface area contributed by atoms with Crippen molar-refractivity contribution in [3.63, 3.8) is 0 Å². The van der Waals surface area contributed by atoms with E-state index < -0.39 is 12.1 Å². The van der Waals surface area contributed by atoms with Crippen LogP contribution >= 0.6 is 0 Å². The lowest BCUT2D eigenvalue weighted by atomic mass is 10.0. The first-order chi connectivity index (χ1) is 5.52. The lowest BCUT2D eigenvalue weighted by molar-refractivity contribution is -0.110. The summed E-state index contributed by atoms with van der Waals surface area (Å²) in [5, 5.41) is 0. The number of alkyl halides is 3. The van der Waals surface area contributed by atoms with Gasteiger partial charge in [-0.05, 0) is 6.42 Å². The average Bonchev–Trinajstić information content (AvgIpc) is 1.95. The van der Waals surface area contributed by atoms with Crippen LogP contribution in [0.25, 0.3) is 0 Å². The van der Waals surface area contributed by atoms with Crippen molar-refractivity contribution in [2.45, 2.75) is 38.8 Å². The van der Waals surface area contributed by atoms with Gasteiger partial charge in [0.15, 0.2) is 0 Å². The Hall–Kier alpha value is -0.470. The summed E-state index contributed by atoms with van der Waals surface area (Å²) in [7, 11) is 0. The zero-order chi connectivity index (χ0) is 9.61. The van der Waals surface area contributed by atoms with E-state index in [4.69, 9.17) is 0 Å². The van der Waals surface area contributed by atoms with E-state index in [0.29, 0.717) is 6.42 Å². The molecular weight excluding hydrogens is 165 g/mol. The number of hydrogen-bond acceptors (Lipinski definition) is 0. The van der Waals surface area contributed by atoms with E-state index in [0.717, 1.165) is 18.9 Å². The van der Waals surface area contributed by atoms with Crippen molar-refractivity contribution in [3.05, 3.63) is 18.6 Å². The quantitative estimate of drug-likeness (QED) is 0.561. The van der Waals surface area contributed by atoms with Crippen LogP contribution in [-0.4, -0.2) is 6.18 Å². The highest BCUT2D eigenvalue weighted by molar-refractivity contribution is 5.11. The van der Waals surface area contributed by atoms with Crippen molar-refractivity contribution in [3.8, 4) is 0 Å². The average molecular weight is 179 g/mol. The van der Waals surface area contributed by atoms with Gasteiger partial charge in [0.2, 0.25) is 0 Å². The Morgan fingerprint density at radius 2 is 1.92 bits per heavy atom. The molecule has 0 unspecified atom stereocenters. The number of hydrogen-bond donors (Lipinski definition) is 0. The van der Waals surface area contributed by atoms with Crippen LogP contribution in [0.2, 0.25) is 0 Å². The van der Waals surface area contributed by atoms with Gasteiger partial charge in [-0.25, -0.2) is 0 Å². The molecule has 0 saturated carbocycles. The predicted octanol–water partition coefficient (Wildman–Crippen LogP) is 3.89. The molecule has 71 valence electrons. The molecule has 0 saturated heterocycles. The van der Waals surface area contributed by atoms with Gasteiger partial charge in [-0.2, -0.15) is 13.2 Å². The Bertz CT molecular complexity index is 126. The van der Waals surface area contributed by atoms with Crippen molar-refractivity contribution in [1.29, 1.82) is 0 Å². The first-order valence-corrected chi connectivity index (χ1v) is 4.07. The second kappa shape index (κ2) is 5.22. The number of unbranched alkanes of at least 4 members (excludes halogenated alkanes) is 2. The van der Waals surface area contributed by atoms with E-state index in [2.05, 4.69) is 6.58 Å². The Morgan fingerprint density at radius 1 is 1.33 bits per heavy atom. The summed E-state index contributed by atoms with van der Waals surface area (Å²) in [5.74, 6) is -0.504. The Morgan fingerprint density at radius 3 is 2.25 bits per heavy atom. The van der Waals surface area contributed by atoms with Crippen LogP contribution in [-0.2, 0) is 0 Å². The number of allylic oxidation sites excluding steroid dienone is 1. The molecule has 1 radical (unpaired) electrons. The van der Waals surface area contributed by atoms with Crippen molar-refractivity contribution in [2.75, 3.05) is 0 Å². The largest absolute Gasteiger partial charge is 0.399 e. The van der Waals surface area contributed by atoms with Crippen LogP contribution in [0.3, 0.4) is 0 Å². The Labute approximate surface area is 71.5 Å². The maximum Gasteiger partial charge on any atom is 0.399 e. The zero-order valence-corrected chi connectivity index (χ0v) is 7.25. The van der Waals surface area contributed by atoms with Gasteiger partial charge in [0.05, 0.1) is 0 Å². The normalized spacial score (nSPS) is 12.1. The molecular formula is C9H14F3. The maximum absolute atomic E-state index is 12.0. The van der Waals surface area contributed by atoms with Gasteiger partial charge in [0, 0.05) is 0 Å². The highest BCUT2D eigenvalue weighted by Crippen LogP contribution is 2.32. The monoisotopic (exact) mass is 179 g/mol. The van der Waals surface area contributed by atoms with Crippen LogP contribution in [0, 0.1) is 5.92 Å². The standard InChI is InChI=1S/C9H14F3/c1-3-5-6-7-8(4-2)9(10,11)12/h4H,2-3,5-7H2,1H3. The third kappa shape index (κ3) is 4.42. The van der Waals surface area contributed by atoms with Crippen LogP contribution in [0.1, 0.15) is 32.6 Å². The molecule has 0 N–H and O–H groups in total. The summed E-state index contributed by atoms with van der Waals surface area (Å²) >= 11 is 0. The lowest BCUT2D eigenvalue weighted by Gasteiger charge is -2.14. The van der Waals surface area contributed by atoms with Gasteiger partial charge in [-0.15, -0.1) is 6.58 Å². The van der Waals surface area contributed by atoms with E-state index in [9.17, 15) is 13.2 Å². The van der Waals surface area contributed by atoms with Gasteiger partial charge in [0.25, 0.3) is 0 Å². The summed E-state index contributed by atoms with van der Waals surface area (Å²) < 4.78 is 36.1. The minimum atomic E-state index is -4.19. The van der Waals surface area contributed by atoms with E-state index in [1.54, 1.807) is 0 Å². The van der Waals surface area contributed by atoms with Gasteiger partial charge >= 0.3 is 6.18 Å². The number of rotatable bonds is 5. The minimum Gasteiger partial charge on any atom is -0.170 e. The fraction of sp³-hybridized carbons (Fsp3) is 0.667. The van der Waals surface area contributed by atoms with Crippen LogP contribution < -0.4 is 0 Å². The van der Waals surface area contributed by atoms with Crippen molar-refractivity contribution in [2.24, 2.45) is 0 Å². The van der Waals surface area contributed by atoms with Gasteiger partial charge in [0.1, 0.15) is 5.92 Å². The van der Waals surface area contributed by atoms with Crippen molar-refractivity contribution < 1.29 is 13.2 Å². The topological polar surface area (TPSA) is 0 Å². The maximum atomic E-state index is 12.0. The highest BCUT2D eigenvalue weighted by atomic mass is 19.4. The molecule has 0 nitrogen and oxygen atoms in total. The molecule has 0 rings (SSSR count). The second-order valence-corrected chi connectivity index (χ2v) is 2.68. The van der Waals surface area contributed by atoms with E-state index in [1.807, 2.05) is 6.92 Å². The fourth-order valence-corrected chi connectivity index (χ4v) is 0.925. The molecule has 0 aliphatic rings. The van der Waals surface area contributed by atoms with Gasteiger partial charge in [-0.1, -0.05) is 32.3 Å². The third-order valence-corrected chi connectivity index (χ3v) is 1.66. The van der Waals surface area contributed by atoms with Crippen LogP contribution in [0.5, 0.6) is 0 Å². The Kier molecular flexibility index (Phi) is 5.02. The summed E-state index contributed by atoms with van der Waals surface area (Å²) in [6.45, 7) is 5.11.